The van der Waals surface area contributed by atoms with Crippen LogP contribution in [0.25, 0.3) is 0 Å². The Morgan fingerprint density at radius 2 is 1.92 bits per heavy atom. The van der Waals surface area contributed by atoms with E-state index in [2.05, 4.69) is 17.1 Å². The molecule has 3 aliphatic rings. The maximum absolute atomic E-state index is 12.7. The van der Waals surface area contributed by atoms with Gasteiger partial charge in [-0.05, 0) is 75.2 Å². The third-order valence-electron chi connectivity index (χ3n) is 5.56. The quantitative estimate of drug-likeness (QED) is 0.837. The summed E-state index contributed by atoms with van der Waals surface area (Å²) in [5, 5.41) is 3.31. The van der Waals surface area contributed by atoms with Crippen molar-refractivity contribution in [2.75, 3.05) is 20.2 Å². The lowest BCUT2D eigenvalue weighted by Gasteiger charge is -2.49. The molecule has 0 radical (unpaired) electrons. The number of hydrogen-bond donors (Lipinski definition) is 1. The number of fused-ring (bicyclic) bond motifs is 3. The average molecular weight is 389 g/mol. The fourth-order valence-electron chi connectivity index (χ4n) is 4.02. The van der Waals surface area contributed by atoms with Crippen LogP contribution in [0, 0.1) is 5.92 Å². The van der Waals surface area contributed by atoms with E-state index in [0.717, 1.165) is 19.7 Å². The number of benzene rings is 1. The van der Waals surface area contributed by atoms with Crippen molar-refractivity contribution < 1.29 is 9.53 Å². The smallest absolute Gasteiger partial charge is 0.261 e. The van der Waals surface area contributed by atoms with Crippen LogP contribution >= 0.6 is 23.1 Å². The topological polar surface area (TPSA) is 41.6 Å². The van der Waals surface area contributed by atoms with Crippen LogP contribution in [-0.4, -0.2) is 43.1 Å². The molecule has 1 N–H and O–H groups in total. The van der Waals surface area contributed by atoms with Crippen LogP contribution in [0.4, 0.5) is 0 Å². The van der Waals surface area contributed by atoms with Gasteiger partial charge in [0, 0.05) is 17.0 Å². The monoisotopic (exact) mass is 388 g/mol. The normalized spacial score (nSPS) is 27.3. The number of piperidine rings is 3. The van der Waals surface area contributed by atoms with Crippen molar-refractivity contribution in [3.63, 3.8) is 0 Å². The Balaban J connectivity index is 1.40. The van der Waals surface area contributed by atoms with Crippen molar-refractivity contribution in [3.05, 3.63) is 41.3 Å². The van der Waals surface area contributed by atoms with Gasteiger partial charge < -0.3 is 10.1 Å². The summed E-state index contributed by atoms with van der Waals surface area (Å²) in [7, 11) is 1.67. The number of methoxy groups -OCH3 is 1. The molecule has 6 heteroatoms. The molecule has 0 saturated carbocycles. The first-order valence-corrected chi connectivity index (χ1v) is 10.7. The molecular formula is C20H24N2O2S2. The number of thiophene rings is 1. The minimum Gasteiger partial charge on any atom is -0.497 e. The summed E-state index contributed by atoms with van der Waals surface area (Å²) in [6.07, 6.45) is 2.41. The molecule has 3 saturated heterocycles. The first kappa shape index (κ1) is 17.9. The van der Waals surface area contributed by atoms with Crippen LogP contribution in [-0.2, 0) is 0 Å². The van der Waals surface area contributed by atoms with Gasteiger partial charge in [-0.1, -0.05) is 11.8 Å². The molecular weight excluding hydrogens is 364 g/mol. The van der Waals surface area contributed by atoms with Gasteiger partial charge in [0.2, 0.25) is 0 Å². The van der Waals surface area contributed by atoms with Crippen molar-refractivity contribution in [1.82, 2.24) is 10.2 Å². The lowest BCUT2D eigenvalue weighted by atomic mass is 9.79. The van der Waals surface area contributed by atoms with E-state index in [1.54, 1.807) is 30.2 Å². The van der Waals surface area contributed by atoms with Gasteiger partial charge in [-0.2, -0.15) is 0 Å². The number of hydrogen-bond acceptors (Lipinski definition) is 5. The zero-order valence-electron chi connectivity index (χ0n) is 15.1. The van der Waals surface area contributed by atoms with Gasteiger partial charge in [0.25, 0.3) is 5.91 Å². The van der Waals surface area contributed by atoms with Gasteiger partial charge >= 0.3 is 0 Å². The van der Waals surface area contributed by atoms with E-state index in [-0.39, 0.29) is 11.9 Å². The standard InChI is InChI=1S/C20H24N2O2S2/c1-13-19(14-9-11-22(13)12-10-14)21-20(23)17-7-8-18(26-17)25-16-5-3-15(24-2)4-6-16/h3-8,13-14,19H,9-12H2,1-2H3,(H,21,23). The molecule has 4 nitrogen and oxygen atoms in total. The Morgan fingerprint density at radius 3 is 2.58 bits per heavy atom. The third kappa shape index (κ3) is 3.63. The Kier molecular flexibility index (Phi) is 5.25. The average Bonchev–Trinajstić information content (AvgIpc) is 3.14. The van der Waals surface area contributed by atoms with Gasteiger partial charge in [-0.25, -0.2) is 0 Å². The summed E-state index contributed by atoms with van der Waals surface area (Å²) in [6, 6.07) is 12.7. The summed E-state index contributed by atoms with van der Waals surface area (Å²) in [4.78, 5) is 17.2. The molecule has 5 rings (SSSR count). The fraction of sp³-hybridized carbons (Fsp3) is 0.450. The van der Waals surface area contributed by atoms with Crippen LogP contribution in [0.3, 0.4) is 0 Å². The maximum atomic E-state index is 12.7. The highest BCUT2D eigenvalue weighted by Crippen LogP contribution is 2.35. The van der Waals surface area contributed by atoms with Gasteiger partial charge in [0.15, 0.2) is 0 Å². The van der Waals surface area contributed by atoms with Crippen LogP contribution in [0.2, 0.25) is 0 Å². The largest absolute Gasteiger partial charge is 0.497 e. The number of carbonyl (C=O) groups excluding carboxylic acids is 1. The van der Waals surface area contributed by atoms with E-state index < -0.39 is 0 Å². The maximum Gasteiger partial charge on any atom is 0.261 e. The zero-order chi connectivity index (χ0) is 18.1. The molecule has 138 valence electrons. The predicted molar refractivity (Wildman–Crippen MR) is 106 cm³/mol. The summed E-state index contributed by atoms with van der Waals surface area (Å²) < 4.78 is 6.32. The minimum absolute atomic E-state index is 0.0715. The molecule has 2 aromatic rings. The Bertz CT molecular complexity index is 764. The third-order valence-corrected chi connectivity index (χ3v) is 7.78. The molecule has 2 bridgehead atoms. The molecule has 1 aromatic heterocycles. The highest BCUT2D eigenvalue weighted by atomic mass is 32.2. The second-order valence-electron chi connectivity index (χ2n) is 7.01. The van der Waals surface area contributed by atoms with E-state index in [1.165, 1.54) is 25.9 Å². The first-order valence-electron chi connectivity index (χ1n) is 9.10. The number of amides is 1. The van der Waals surface area contributed by atoms with E-state index in [4.69, 9.17) is 4.74 Å². The molecule has 0 aliphatic carbocycles. The van der Waals surface area contributed by atoms with Crippen molar-refractivity contribution in [1.29, 1.82) is 0 Å². The van der Waals surface area contributed by atoms with Crippen molar-refractivity contribution >= 4 is 29.0 Å². The molecule has 0 spiro atoms. The Morgan fingerprint density at radius 1 is 1.19 bits per heavy atom. The molecule has 1 aromatic carbocycles. The Labute approximate surface area is 162 Å². The fourth-order valence-corrected chi connectivity index (χ4v) is 6.03. The second-order valence-corrected chi connectivity index (χ2v) is 9.47. The van der Waals surface area contributed by atoms with Gasteiger partial charge in [0.1, 0.15) is 5.75 Å². The molecule has 3 fully saturated rings. The van der Waals surface area contributed by atoms with Crippen LogP contribution in [0.5, 0.6) is 5.75 Å². The summed E-state index contributed by atoms with van der Waals surface area (Å²) >= 11 is 3.24. The van der Waals surface area contributed by atoms with Gasteiger partial charge in [-0.3, -0.25) is 9.69 Å². The zero-order valence-corrected chi connectivity index (χ0v) is 16.7. The lowest BCUT2D eigenvalue weighted by Crippen LogP contribution is -2.62. The molecule has 2 atom stereocenters. The van der Waals surface area contributed by atoms with Crippen molar-refractivity contribution in [3.8, 4) is 5.75 Å². The van der Waals surface area contributed by atoms with Crippen molar-refractivity contribution in [2.24, 2.45) is 5.92 Å². The van der Waals surface area contributed by atoms with Crippen LogP contribution in [0.1, 0.15) is 29.4 Å². The van der Waals surface area contributed by atoms with E-state index in [1.807, 2.05) is 36.4 Å². The van der Waals surface area contributed by atoms with Gasteiger partial charge in [-0.15, -0.1) is 11.3 Å². The number of rotatable bonds is 5. The van der Waals surface area contributed by atoms with Crippen molar-refractivity contribution in [2.45, 2.75) is 41.0 Å². The second kappa shape index (κ2) is 7.62. The van der Waals surface area contributed by atoms with Crippen LogP contribution in [0.15, 0.2) is 45.5 Å². The van der Waals surface area contributed by atoms with E-state index >= 15 is 0 Å². The summed E-state index contributed by atoms with van der Waals surface area (Å²) in [5.41, 5.74) is 0. The molecule has 4 heterocycles. The predicted octanol–water partition coefficient (Wildman–Crippen LogP) is 4.12. The minimum atomic E-state index is 0.0715. The van der Waals surface area contributed by atoms with Crippen LogP contribution < -0.4 is 10.1 Å². The number of nitrogens with one attached hydrogen (secondary N) is 1. The van der Waals surface area contributed by atoms with Gasteiger partial charge in [0.05, 0.1) is 16.2 Å². The number of nitrogens with zero attached hydrogens (tertiary/aromatic N) is 1. The number of ether oxygens (including phenoxy) is 1. The molecule has 1 amide bonds. The first-order chi connectivity index (χ1) is 12.6. The Hall–Kier alpha value is -1.50. The molecule has 2 unspecified atom stereocenters. The summed E-state index contributed by atoms with van der Waals surface area (Å²) in [6.45, 7) is 4.61. The number of carbonyl (C=O) groups is 1. The summed E-state index contributed by atoms with van der Waals surface area (Å²) in [5.74, 6) is 1.56. The molecule has 26 heavy (non-hydrogen) atoms. The SMILES string of the molecule is COc1ccc(Sc2ccc(C(=O)NC3C4CCN(CC4)C3C)s2)cc1. The van der Waals surface area contributed by atoms with E-state index in [0.29, 0.717) is 12.0 Å². The van der Waals surface area contributed by atoms with E-state index in [9.17, 15) is 4.79 Å². The molecule has 3 aliphatic heterocycles. The highest BCUT2D eigenvalue weighted by molar-refractivity contribution is 8.01. The highest BCUT2D eigenvalue weighted by Gasteiger charge is 2.40. The lowest BCUT2D eigenvalue weighted by molar-refractivity contribution is 0.0218.